The number of hydrogen-bond acceptors (Lipinski definition) is 1. The van der Waals surface area contributed by atoms with Crippen LogP contribution >= 0.6 is 12.4 Å². The molecule has 1 aromatic carbocycles. The first-order valence-corrected chi connectivity index (χ1v) is 11.2. The van der Waals surface area contributed by atoms with Gasteiger partial charge in [-0.25, -0.2) is 0 Å². The fourth-order valence-corrected chi connectivity index (χ4v) is 3.45. The normalized spacial score (nSPS) is 10.7. The number of benzene rings is 1. The van der Waals surface area contributed by atoms with Crippen molar-refractivity contribution in [3.63, 3.8) is 0 Å². The first-order valence-electron chi connectivity index (χ1n) is 11.2. The van der Waals surface area contributed by atoms with Crippen LogP contribution in [0.1, 0.15) is 109 Å². The van der Waals surface area contributed by atoms with Gasteiger partial charge in [0.15, 0.2) is 0 Å². The van der Waals surface area contributed by atoms with Crippen LogP contribution in [0.2, 0.25) is 0 Å². The van der Waals surface area contributed by atoms with Crippen LogP contribution in [0.5, 0.6) is 0 Å². The van der Waals surface area contributed by atoms with Gasteiger partial charge in [0.1, 0.15) is 0 Å². The molecule has 0 aromatic heterocycles. The van der Waals surface area contributed by atoms with Gasteiger partial charge in [-0.3, -0.25) is 0 Å². The molecule has 0 aliphatic rings. The van der Waals surface area contributed by atoms with Crippen molar-refractivity contribution < 1.29 is 0 Å². The molecule has 0 fully saturated rings. The SMILES string of the molecule is CCCCCCCCCCCCCCCCCNCc1ccccc1.Cl. The van der Waals surface area contributed by atoms with E-state index >= 15 is 0 Å². The first-order chi connectivity index (χ1) is 12.4. The summed E-state index contributed by atoms with van der Waals surface area (Å²) in [5.74, 6) is 0. The topological polar surface area (TPSA) is 12.0 Å². The highest BCUT2D eigenvalue weighted by Gasteiger charge is 1.95. The van der Waals surface area contributed by atoms with Crippen LogP contribution < -0.4 is 5.32 Å². The molecule has 0 heterocycles. The zero-order chi connectivity index (χ0) is 17.8. The van der Waals surface area contributed by atoms with E-state index in [4.69, 9.17) is 0 Å². The first kappa shape index (κ1) is 25.5. The molecule has 2 heteroatoms. The van der Waals surface area contributed by atoms with E-state index in [1.807, 2.05) is 0 Å². The van der Waals surface area contributed by atoms with E-state index in [1.54, 1.807) is 0 Å². The van der Waals surface area contributed by atoms with Gasteiger partial charge in [-0.1, -0.05) is 127 Å². The van der Waals surface area contributed by atoms with E-state index in [-0.39, 0.29) is 12.4 Å². The molecule has 1 aromatic rings. The van der Waals surface area contributed by atoms with Crippen molar-refractivity contribution in [1.29, 1.82) is 0 Å². The van der Waals surface area contributed by atoms with Crippen LogP contribution in [0.25, 0.3) is 0 Å². The highest BCUT2D eigenvalue weighted by molar-refractivity contribution is 5.85. The number of unbranched alkanes of at least 4 members (excludes halogenated alkanes) is 14. The molecule has 1 N–H and O–H groups in total. The number of halogens is 1. The van der Waals surface area contributed by atoms with Gasteiger partial charge in [0.25, 0.3) is 0 Å². The second-order valence-corrected chi connectivity index (χ2v) is 7.61. The molecular weight excluding hydrogens is 338 g/mol. The van der Waals surface area contributed by atoms with Crippen LogP contribution in [0.4, 0.5) is 0 Å². The molecule has 0 spiro atoms. The molecular formula is C24H44ClN. The van der Waals surface area contributed by atoms with E-state index in [1.165, 1.54) is 102 Å². The molecule has 0 saturated heterocycles. The Morgan fingerprint density at radius 2 is 1.00 bits per heavy atom. The Morgan fingerprint density at radius 3 is 1.46 bits per heavy atom. The second kappa shape index (κ2) is 20.8. The molecule has 1 nitrogen and oxygen atoms in total. The summed E-state index contributed by atoms with van der Waals surface area (Å²) in [5.41, 5.74) is 1.39. The summed E-state index contributed by atoms with van der Waals surface area (Å²) in [4.78, 5) is 0. The molecule has 0 aliphatic carbocycles. The molecule has 26 heavy (non-hydrogen) atoms. The number of hydrogen-bond donors (Lipinski definition) is 1. The lowest BCUT2D eigenvalue weighted by Gasteiger charge is -2.05. The van der Waals surface area contributed by atoms with Crippen molar-refractivity contribution in [3.8, 4) is 0 Å². The Kier molecular flexibility index (Phi) is 20.4. The van der Waals surface area contributed by atoms with Crippen molar-refractivity contribution in [2.24, 2.45) is 0 Å². The summed E-state index contributed by atoms with van der Waals surface area (Å²) in [7, 11) is 0. The molecule has 152 valence electrons. The zero-order valence-electron chi connectivity index (χ0n) is 17.3. The fraction of sp³-hybridized carbons (Fsp3) is 0.750. The molecule has 0 aliphatic heterocycles. The third-order valence-corrected chi connectivity index (χ3v) is 5.13. The number of rotatable bonds is 18. The van der Waals surface area contributed by atoms with E-state index in [2.05, 4.69) is 42.6 Å². The van der Waals surface area contributed by atoms with Gasteiger partial charge in [-0.2, -0.15) is 0 Å². The predicted molar refractivity (Wildman–Crippen MR) is 120 cm³/mol. The van der Waals surface area contributed by atoms with Gasteiger partial charge >= 0.3 is 0 Å². The molecule has 0 radical (unpaired) electrons. The second-order valence-electron chi connectivity index (χ2n) is 7.61. The van der Waals surface area contributed by atoms with Gasteiger partial charge in [-0.05, 0) is 18.5 Å². The Morgan fingerprint density at radius 1 is 0.577 bits per heavy atom. The van der Waals surface area contributed by atoms with Crippen LogP contribution in [0, 0.1) is 0 Å². The molecule has 0 atom stereocenters. The maximum Gasteiger partial charge on any atom is 0.0205 e. The summed E-state index contributed by atoms with van der Waals surface area (Å²) >= 11 is 0. The maximum atomic E-state index is 3.55. The summed E-state index contributed by atoms with van der Waals surface area (Å²) in [6, 6.07) is 10.7. The van der Waals surface area contributed by atoms with E-state index < -0.39 is 0 Å². The highest BCUT2D eigenvalue weighted by Crippen LogP contribution is 2.13. The summed E-state index contributed by atoms with van der Waals surface area (Å²) < 4.78 is 0. The quantitative estimate of drug-likeness (QED) is 0.253. The van der Waals surface area contributed by atoms with Crippen molar-refractivity contribution in [1.82, 2.24) is 5.32 Å². The lowest BCUT2D eigenvalue weighted by molar-refractivity contribution is 0.527. The fourth-order valence-electron chi connectivity index (χ4n) is 3.45. The monoisotopic (exact) mass is 381 g/mol. The average molecular weight is 382 g/mol. The van der Waals surface area contributed by atoms with Crippen LogP contribution in [-0.4, -0.2) is 6.54 Å². The molecule has 0 unspecified atom stereocenters. The Labute approximate surface area is 170 Å². The Bertz CT molecular complexity index is 366. The lowest BCUT2D eigenvalue weighted by Crippen LogP contribution is -2.14. The van der Waals surface area contributed by atoms with Crippen LogP contribution in [0.3, 0.4) is 0 Å². The van der Waals surface area contributed by atoms with Gasteiger partial charge in [0, 0.05) is 6.54 Å². The third kappa shape index (κ3) is 16.9. The van der Waals surface area contributed by atoms with Crippen LogP contribution in [0.15, 0.2) is 30.3 Å². The molecule has 0 bridgehead atoms. The van der Waals surface area contributed by atoms with Gasteiger partial charge < -0.3 is 5.32 Å². The highest BCUT2D eigenvalue weighted by atomic mass is 35.5. The Hall–Kier alpha value is -0.530. The van der Waals surface area contributed by atoms with Crippen LogP contribution in [-0.2, 0) is 6.54 Å². The van der Waals surface area contributed by atoms with Crippen molar-refractivity contribution in [2.45, 2.75) is 110 Å². The minimum atomic E-state index is 0. The van der Waals surface area contributed by atoms with Gasteiger partial charge in [0.05, 0.1) is 0 Å². The van der Waals surface area contributed by atoms with Gasteiger partial charge in [-0.15, -0.1) is 12.4 Å². The van der Waals surface area contributed by atoms with Crippen molar-refractivity contribution in [2.75, 3.05) is 6.54 Å². The lowest BCUT2D eigenvalue weighted by atomic mass is 10.0. The minimum Gasteiger partial charge on any atom is -0.313 e. The van der Waals surface area contributed by atoms with Crippen molar-refractivity contribution >= 4 is 12.4 Å². The summed E-state index contributed by atoms with van der Waals surface area (Å²) in [5, 5.41) is 3.55. The third-order valence-electron chi connectivity index (χ3n) is 5.13. The van der Waals surface area contributed by atoms with Crippen molar-refractivity contribution in [3.05, 3.63) is 35.9 Å². The zero-order valence-corrected chi connectivity index (χ0v) is 18.1. The van der Waals surface area contributed by atoms with Gasteiger partial charge in [0.2, 0.25) is 0 Å². The smallest absolute Gasteiger partial charge is 0.0205 e. The number of nitrogens with one attached hydrogen (secondary N) is 1. The minimum absolute atomic E-state index is 0. The van der Waals surface area contributed by atoms with E-state index in [0.29, 0.717) is 0 Å². The Balaban J connectivity index is 0.00000625. The maximum absolute atomic E-state index is 3.55. The van der Waals surface area contributed by atoms with E-state index in [0.717, 1.165) is 13.1 Å². The summed E-state index contributed by atoms with van der Waals surface area (Å²) in [6.45, 7) is 4.47. The molecule has 0 amide bonds. The average Bonchev–Trinajstić information content (AvgIpc) is 2.65. The molecule has 0 saturated carbocycles. The summed E-state index contributed by atoms with van der Waals surface area (Å²) in [6.07, 6.45) is 21.6. The molecule has 1 rings (SSSR count). The standard InChI is InChI=1S/C24H43N.ClH/c1-2-3-4-5-6-7-8-9-10-11-12-13-14-15-19-22-25-23-24-20-17-16-18-21-24;/h16-18,20-21,25H,2-15,19,22-23H2,1H3;1H. The predicted octanol–water partition coefficient (Wildman–Crippen LogP) is 8.07. The van der Waals surface area contributed by atoms with E-state index in [9.17, 15) is 0 Å². The largest absolute Gasteiger partial charge is 0.313 e.